The van der Waals surface area contributed by atoms with Gasteiger partial charge in [-0.1, -0.05) is 18.2 Å². The van der Waals surface area contributed by atoms with Crippen LogP contribution in [0.1, 0.15) is 6.42 Å². The quantitative estimate of drug-likeness (QED) is 0.826. The second-order valence-electron chi connectivity index (χ2n) is 3.47. The summed E-state index contributed by atoms with van der Waals surface area (Å²) in [5, 5.41) is 0. The van der Waals surface area contributed by atoms with Crippen LogP contribution < -0.4 is 10.5 Å². The number of hydrogen-bond acceptors (Lipinski definition) is 2. The smallest absolute Gasteiger partial charge is 0.128 e. The molecule has 1 aromatic carbocycles. The standard InChI is InChI=1S/C13H12FNO/c14-10-8-11(15)6-7-13(9-10)16-12-4-2-1-3-5-12/h1-5,7-9H,6,15H2. The van der Waals surface area contributed by atoms with Crippen LogP contribution >= 0.6 is 0 Å². The van der Waals surface area contributed by atoms with E-state index in [9.17, 15) is 4.39 Å². The van der Waals surface area contributed by atoms with Crippen LogP contribution in [0.4, 0.5) is 4.39 Å². The van der Waals surface area contributed by atoms with Gasteiger partial charge in [-0.25, -0.2) is 4.39 Å². The maximum Gasteiger partial charge on any atom is 0.128 e. The van der Waals surface area contributed by atoms with Crippen molar-refractivity contribution in [3.05, 3.63) is 65.8 Å². The Morgan fingerprint density at radius 2 is 1.88 bits per heavy atom. The third kappa shape index (κ3) is 2.73. The largest absolute Gasteiger partial charge is 0.458 e. The molecule has 3 heteroatoms. The first kappa shape index (κ1) is 10.5. The lowest BCUT2D eigenvalue weighted by molar-refractivity contribution is 0.440. The van der Waals surface area contributed by atoms with Gasteiger partial charge < -0.3 is 10.5 Å². The summed E-state index contributed by atoms with van der Waals surface area (Å²) in [6.45, 7) is 0. The molecule has 0 aliphatic heterocycles. The Bertz CT molecular complexity index is 460. The highest BCUT2D eigenvalue weighted by Crippen LogP contribution is 2.19. The molecule has 0 amide bonds. The van der Waals surface area contributed by atoms with Crippen molar-refractivity contribution in [3.8, 4) is 5.75 Å². The van der Waals surface area contributed by atoms with Crippen molar-refractivity contribution in [2.24, 2.45) is 5.73 Å². The minimum atomic E-state index is -0.391. The van der Waals surface area contributed by atoms with Crippen LogP contribution in [0, 0.1) is 0 Å². The van der Waals surface area contributed by atoms with E-state index in [0.717, 1.165) is 0 Å². The van der Waals surface area contributed by atoms with Crippen molar-refractivity contribution in [2.45, 2.75) is 6.42 Å². The highest BCUT2D eigenvalue weighted by Gasteiger charge is 2.04. The average Bonchev–Trinajstić information content (AvgIpc) is 2.41. The third-order valence-corrected chi connectivity index (χ3v) is 2.12. The fourth-order valence-electron chi connectivity index (χ4n) is 1.39. The Morgan fingerprint density at radius 1 is 1.12 bits per heavy atom. The molecule has 0 aromatic heterocycles. The first-order valence-corrected chi connectivity index (χ1v) is 5.00. The van der Waals surface area contributed by atoms with E-state index in [0.29, 0.717) is 23.6 Å². The fourth-order valence-corrected chi connectivity index (χ4v) is 1.39. The molecule has 0 saturated heterocycles. The Hall–Kier alpha value is -2.03. The summed E-state index contributed by atoms with van der Waals surface area (Å²) in [5.41, 5.74) is 6.05. The molecule has 0 bridgehead atoms. The molecule has 0 unspecified atom stereocenters. The number of para-hydroxylation sites is 1. The van der Waals surface area contributed by atoms with Crippen molar-refractivity contribution < 1.29 is 9.13 Å². The Morgan fingerprint density at radius 3 is 2.62 bits per heavy atom. The molecular weight excluding hydrogens is 205 g/mol. The average molecular weight is 217 g/mol. The van der Waals surface area contributed by atoms with Crippen LogP contribution in [-0.4, -0.2) is 0 Å². The molecule has 16 heavy (non-hydrogen) atoms. The number of ether oxygens (including phenoxy) is 1. The molecule has 0 atom stereocenters. The van der Waals surface area contributed by atoms with Gasteiger partial charge in [-0.2, -0.15) is 0 Å². The Balaban J connectivity index is 2.15. The summed E-state index contributed by atoms with van der Waals surface area (Å²) in [6, 6.07) is 9.24. The molecule has 1 aliphatic carbocycles. The van der Waals surface area contributed by atoms with Gasteiger partial charge >= 0.3 is 0 Å². The molecule has 82 valence electrons. The summed E-state index contributed by atoms with van der Waals surface area (Å²) in [5.74, 6) is 0.760. The van der Waals surface area contributed by atoms with Crippen LogP contribution in [0.3, 0.4) is 0 Å². The summed E-state index contributed by atoms with van der Waals surface area (Å²) >= 11 is 0. The van der Waals surface area contributed by atoms with Gasteiger partial charge in [-0.05, 0) is 24.3 Å². The molecule has 0 saturated carbocycles. The highest BCUT2D eigenvalue weighted by atomic mass is 19.1. The monoisotopic (exact) mass is 217 g/mol. The maximum absolute atomic E-state index is 13.2. The van der Waals surface area contributed by atoms with Crippen LogP contribution in [-0.2, 0) is 0 Å². The van der Waals surface area contributed by atoms with E-state index in [1.807, 2.05) is 30.3 Å². The van der Waals surface area contributed by atoms with Crippen molar-refractivity contribution >= 4 is 0 Å². The van der Waals surface area contributed by atoms with Crippen LogP contribution in [0.25, 0.3) is 0 Å². The third-order valence-electron chi connectivity index (χ3n) is 2.12. The van der Waals surface area contributed by atoms with Crippen molar-refractivity contribution in [3.63, 3.8) is 0 Å². The van der Waals surface area contributed by atoms with Crippen molar-refractivity contribution in [1.82, 2.24) is 0 Å². The lowest BCUT2D eigenvalue weighted by atomic mass is 10.3. The number of benzene rings is 1. The number of halogens is 1. The Labute approximate surface area is 93.5 Å². The molecule has 0 heterocycles. The summed E-state index contributed by atoms with van der Waals surface area (Å²) in [6.07, 6.45) is 4.88. The van der Waals surface area contributed by atoms with Crippen LogP contribution in [0.15, 0.2) is 65.8 Å². The molecule has 1 aliphatic rings. The minimum Gasteiger partial charge on any atom is -0.458 e. The number of allylic oxidation sites excluding steroid dienone is 4. The number of nitrogens with two attached hydrogens (primary N) is 1. The van der Waals surface area contributed by atoms with E-state index in [-0.39, 0.29) is 0 Å². The van der Waals surface area contributed by atoms with E-state index in [1.54, 1.807) is 6.08 Å². The summed E-state index contributed by atoms with van der Waals surface area (Å²) in [7, 11) is 0. The summed E-state index contributed by atoms with van der Waals surface area (Å²) < 4.78 is 18.7. The zero-order valence-corrected chi connectivity index (χ0v) is 8.69. The summed E-state index contributed by atoms with van der Waals surface area (Å²) in [4.78, 5) is 0. The molecule has 0 radical (unpaired) electrons. The maximum atomic E-state index is 13.2. The van der Waals surface area contributed by atoms with Crippen LogP contribution in [0.5, 0.6) is 5.75 Å². The van der Waals surface area contributed by atoms with Gasteiger partial charge in [-0.3, -0.25) is 0 Å². The molecule has 0 spiro atoms. The molecule has 0 fully saturated rings. The van der Waals surface area contributed by atoms with E-state index in [4.69, 9.17) is 10.5 Å². The van der Waals surface area contributed by atoms with E-state index in [1.165, 1.54) is 12.2 Å². The molecular formula is C13H12FNO. The van der Waals surface area contributed by atoms with E-state index < -0.39 is 5.83 Å². The molecule has 2 nitrogen and oxygen atoms in total. The lowest BCUT2D eigenvalue weighted by Crippen LogP contribution is -1.95. The number of hydrogen-bond donors (Lipinski definition) is 1. The normalized spacial score (nSPS) is 15.7. The first-order chi connectivity index (χ1) is 7.74. The second-order valence-corrected chi connectivity index (χ2v) is 3.47. The zero-order valence-electron chi connectivity index (χ0n) is 8.69. The molecule has 2 N–H and O–H groups in total. The second kappa shape index (κ2) is 4.66. The number of rotatable bonds is 2. The Kier molecular flexibility index (Phi) is 3.05. The van der Waals surface area contributed by atoms with E-state index in [2.05, 4.69) is 0 Å². The van der Waals surface area contributed by atoms with E-state index >= 15 is 0 Å². The minimum absolute atomic E-state index is 0.391. The van der Waals surface area contributed by atoms with Crippen LogP contribution in [0.2, 0.25) is 0 Å². The predicted molar refractivity (Wildman–Crippen MR) is 61.2 cm³/mol. The van der Waals surface area contributed by atoms with Gasteiger partial charge in [0.2, 0.25) is 0 Å². The van der Waals surface area contributed by atoms with Crippen molar-refractivity contribution in [2.75, 3.05) is 0 Å². The fraction of sp³-hybridized carbons (Fsp3) is 0.0769. The van der Waals surface area contributed by atoms with Gasteiger partial charge in [-0.15, -0.1) is 0 Å². The molecule has 1 aromatic rings. The van der Waals surface area contributed by atoms with Crippen molar-refractivity contribution in [1.29, 1.82) is 0 Å². The van der Waals surface area contributed by atoms with Gasteiger partial charge in [0.25, 0.3) is 0 Å². The lowest BCUT2D eigenvalue weighted by Gasteiger charge is -2.05. The van der Waals surface area contributed by atoms with Gasteiger partial charge in [0, 0.05) is 18.2 Å². The van der Waals surface area contributed by atoms with Gasteiger partial charge in [0.15, 0.2) is 0 Å². The van der Waals surface area contributed by atoms with Gasteiger partial charge in [0.1, 0.15) is 17.3 Å². The topological polar surface area (TPSA) is 35.2 Å². The molecule has 2 rings (SSSR count). The predicted octanol–water partition coefficient (Wildman–Crippen LogP) is 3.05. The highest BCUT2D eigenvalue weighted by molar-refractivity contribution is 5.33. The van der Waals surface area contributed by atoms with Gasteiger partial charge in [0.05, 0.1) is 0 Å². The SMILES string of the molecule is NC1=CC(F)=CC(Oc2ccccc2)=CC1. The first-order valence-electron chi connectivity index (χ1n) is 5.00. The zero-order chi connectivity index (χ0) is 11.4.